The van der Waals surface area contributed by atoms with Crippen LogP contribution >= 0.6 is 0 Å². The third-order valence-electron chi connectivity index (χ3n) is 8.50. The Hall–Kier alpha value is -2.24. The van der Waals surface area contributed by atoms with Crippen LogP contribution in [0.2, 0.25) is 0 Å². The quantitative estimate of drug-likeness (QED) is 0.645. The van der Waals surface area contributed by atoms with Gasteiger partial charge in [-0.15, -0.1) is 0 Å². The van der Waals surface area contributed by atoms with E-state index in [2.05, 4.69) is 10.6 Å². The fourth-order valence-corrected chi connectivity index (χ4v) is 7.54. The molecule has 0 spiro atoms. The highest BCUT2D eigenvalue weighted by Crippen LogP contribution is 2.55. The summed E-state index contributed by atoms with van der Waals surface area (Å²) in [7, 11) is 3.25. The maximum absolute atomic E-state index is 13.1. The standard InChI is InChI=1S/C26H36N2O4/c1-31-21-4-3-17(12-22(21)32-2)13-25(7-5-23(29)27-25)8-6-24(30)28-26-14-18-9-19(15-26)11-20(10-18)16-26/h3-4,12,18-20H,5-11,13-16H2,1-2H3,(H,27,29)(H,28,30)/t18?,19?,20?,25-,26?/m0/s1. The molecule has 0 aromatic heterocycles. The number of methoxy groups -OCH3 is 2. The average molecular weight is 441 g/mol. The van der Waals surface area contributed by atoms with E-state index in [0.29, 0.717) is 37.2 Å². The van der Waals surface area contributed by atoms with Crippen molar-refractivity contribution >= 4 is 11.8 Å². The number of ether oxygens (including phenoxy) is 2. The van der Waals surface area contributed by atoms with Gasteiger partial charge in [-0.25, -0.2) is 0 Å². The summed E-state index contributed by atoms with van der Waals surface area (Å²) in [6.07, 6.45) is 10.7. The summed E-state index contributed by atoms with van der Waals surface area (Å²) < 4.78 is 10.8. The number of hydrogen-bond acceptors (Lipinski definition) is 4. The summed E-state index contributed by atoms with van der Waals surface area (Å²) in [5.41, 5.74) is 0.739. The number of carbonyl (C=O) groups excluding carboxylic acids is 2. The third-order valence-corrected chi connectivity index (χ3v) is 8.50. The lowest BCUT2D eigenvalue weighted by Crippen LogP contribution is -2.60. The van der Waals surface area contributed by atoms with Gasteiger partial charge in [-0.1, -0.05) is 6.07 Å². The van der Waals surface area contributed by atoms with Crippen LogP contribution in [0, 0.1) is 17.8 Å². The first kappa shape index (κ1) is 21.6. The first-order chi connectivity index (χ1) is 15.4. The summed E-state index contributed by atoms with van der Waals surface area (Å²) >= 11 is 0. The third kappa shape index (κ3) is 4.20. The highest BCUT2D eigenvalue weighted by atomic mass is 16.5. The highest BCUT2D eigenvalue weighted by Gasteiger charge is 2.51. The average Bonchev–Trinajstić information content (AvgIpc) is 3.11. The zero-order chi connectivity index (χ0) is 22.3. The molecule has 1 saturated heterocycles. The molecule has 6 nitrogen and oxygen atoms in total. The van der Waals surface area contributed by atoms with Gasteiger partial charge in [0, 0.05) is 23.9 Å². The zero-order valence-electron chi connectivity index (χ0n) is 19.4. The Morgan fingerprint density at radius 3 is 2.28 bits per heavy atom. The topological polar surface area (TPSA) is 76.7 Å². The van der Waals surface area contributed by atoms with Crippen molar-refractivity contribution in [2.24, 2.45) is 17.8 Å². The van der Waals surface area contributed by atoms with Crippen molar-refractivity contribution in [1.29, 1.82) is 0 Å². The second-order valence-electron chi connectivity index (χ2n) is 10.9. The molecule has 0 unspecified atom stereocenters. The number of rotatable bonds is 8. The monoisotopic (exact) mass is 440 g/mol. The molecule has 174 valence electrons. The number of nitrogens with one attached hydrogen (secondary N) is 2. The number of amides is 2. The Morgan fingerprint density at radius 1 is 1.06 bits per heavy atom. The van der Waals surface area contributed by atoms with Gasteiger partial charge in [-0.2, -0.15) is 0 Å². The van der Waals surface area contributed by atoms with Crippen LogP contribution in [0.15, 0.2) is 18.2 Å². The summed E-state index contributed by atoms with van der Waals surface area (Å²) in [6.45, 7) is 0. The van der Waals surface area contributed by atoms with Crippen molar-refractivity contribution in [2.75, 3.05) is 14.2 Å². The van der Waals surface area contributed by atoms with Crippen LogP contribution in [0.5, 0.6) is 11.5 Å². The smallest absolute Gasteiger partial charge is 0.220 e. The fraction of sp³-hybridized carbons (Fsp3) is 0.692. The van der Waals surface area contributed by atoms with E-state index in [1.54, 1.807) is 14.2 Å². The summed E-state index contributed by atoms with van der Waals surface area (Å²) in [4.78, 5) is 25.2. The van der Waals surface area contributed by atoms with E-state index in [4.69, 9.17) is 9.47 Å². The molecule has 6 rings (SSSR count). The summed E-state index contributed by atoms with van der Waals surface area (Å²) in [6, 6.07) is 5.89. The van der Waals surface area contributed by atoms with Gasteiger partial charge in [0.25, 0.3) is 0 Å². The molecule has 4 bridgehead atoms. The Kier molecular flexibility index (Phi) is 5.58. The van der Waals surface area contributed by atoms with Gasteiger partial charge in [0.05, 0.1) is 14.2 Å². The molecule has 0 radical (unpaired) electrons. The Bertz CT molecular complexity index is 863. The molecule has 2 N–H and O–H groups in total. The molecule has 1 aliphatic heterocycles. The van der Waals surface area contributed by atoms with E-state index in [1.807, 2.05) is 18.2 Å². The van der Waals surface area contributed by atoms with Gasteiger partial charge in [-0.3, -0.25) is 9.59 Å². The minimum Gasteiger partial charge on any atom is -0.493 e. The van der Waals surface area contributed by atoms with Gasteiger partial charge in [0.2, 0.25) is 11.8 Å². The SMILES string of the molecule is COc1ccc(C[C@@]2(CCC(=O)NC34CC5CC(CC(C5)C3)C4)CCC(=O)N2)cc1OC. The number of benzene rings is 1. The second kappa shape index (κ2) is 8.27. The van der Waals surface area contributed by atoms with Gasteiger partial charge in [0.15, 0.2) is 11.5 Å². The lowest BCUT2D eigenvalue weighted by Gasteiger charge is -2.57. The van der Waals surface area contributed by atoms with Crippen molar-refractivity contribution < 1.29 is 19.1 Å². The zero-order valence-corrected chi connectivity index (χ0v) is 19.4. The minimum atomic E-state index is -0.379. The summed E-state index contributed by atoms with van der Waals surface area (Å²) in [5.74, 6) is 4.04. The molecular formula is C26H36N2O4. The molecule has 1 heterocycles. The van der Waals surface area contributed by atoms with Gasteiger partial charge in [0.1, 0.15) is 0 Å². The predicted octanol–water partition coefficient (Wildman–Crippen LogP) is 3.76. The molecule has 1 atom stereocenters. The molecule has 4 aliphatic carbocycles. The van der Waals surface area contributed by atoms with Crippen molar-refractivity contribution in [3.8, 4) is 11.5 Å². The van der Waals surface area contributed by atoms with E-state index >= 15 is 0 Å². The Balaban J connectivity index is 1.24. The molecule has 32 heavy (non-hydrogen) atoms. The van der Waals surface area contributed by atoms with Gasteiger partial charge in [-0.05, 0) is 93.2 Å². The number of hydrogen-bond donors (Lipinski definition) is 2. The van der Waals surface area contributed by atoms with Crippen molar-refractivity contribution in [1.82, 2.24) is 10.6 Å². The lowest BCUT2D eigenvalue weighted by molar-refractivity contribution is -0.127. The van der Waals surface area contributed by atoms with Crippen molar-refractivity contribution in [3.63, 3.8) is 0 Å². The van der Waals surface area contributed by atoms with Gasteiger partial charge < -0.3 is 20.1 Å². The van der Waals surface area contributed by atoms with Crippen LogP contribution in [0.1, 0.15) is 69.8 Å². The van der Waals surface area contributed by atoms with E-state index in [0.717, 1.165) is 29.7 Å². The van der Waals surface area contributed by atoms with Crippen LogP contribution in [-0.4, -0.2) is 37.1 Å². The maximum Gasteiger partial charge on any atom is 0.220 e. The molecular weight excluding hydrogens is 404 g/mol. The first-order valence-electron chi connectivity index (χ1n) is 12.2. The van der Waals surface area contributed by atoms with Crippen molar-refractivity contribution in [3.05, 3.63) is 23.8 Å². The van der Waals surface area contributed by atoms with Crippen LogP contribution in [0.4, 0.5) is 0 Å². The van der Waals surface area contributed by atoms with Crippen LogP contribution in [0.3, 0.4) is 0 Å². The second-order valence-corrected chi connectivity index (χ2v) is 10.9. The van der Waals surface area contributed by atoms with Crippen LogP contribution in [-0.2, 0) is 16.0 Å². The maximum atomic E-state index is 13.1. The number of carbonyl (C=O) groups is 2. The van der Waals surface area contributed by atoms with E-state index in [9.17, 15) is 9.59 Å². The molecule has 4 saturated carbocycles. The molecule has 5 fully saturated rings. The molecule has 2 amide bonds. The first-order valence-corrected chi connectivity index (χ1v) is 12.2. The van der Waals surface area contributed by atoms with Crippen LogP contribution in [0.25, 0.3) is 0 Å². The van der Waals surface area contributed by atoms with E-state index in [1.165, 1.54) is 38.5 Å². The minimum absolute atomic E-state index is 0.0429. The Morgan fingerprint density at radius 2 is 1.72 bits per heavy atom. The molecule has 5 aliphatic rings. The van der Waals surface area contributed by atoms with Crippen molar-refractivity contribution in [2.45, 2.75) is 81.7 Å². The van der Waals surface area contributed by atoms with Crippen LogP contribution < -0.4 is 20.1 Å². The largest absolute Gasteiger partial charge is 0.493 e. The normalized spacial score (nSPS) is 34.9. The Labute approximate surface area is 190 Å². The summed E-state index contributed by atoms with van der Waals surface area (Å²) in [5, 5.41) is 6.69. The fourth-order valence-electron chi connectivity index (χ4n) is 7.54. The van der Waals surface area contributed by atoms with E-state index < -0.39 is 0 Å². The molecule has 6 heteroatoms. The highest BCUT2D eigenvalue weighted by molar-refractivity contribution is 5.80. The molecule has 1 aromatic carbocycles. The van der Waals surface area contributed by atoms with Gasteiger partial charge >= 0.3 is 0 Å². The lowest BCUT2D eigenvalue weighted by atomic mass is 9.53. The predicted molar refractivity (Wildman–Crippen MR) is 122 cm³/mol. The molecule has 1 aromatic rings. The van der Waals surface area contributed by atoms with E-state index in [-0.39, 0.29) is 22.9 Å².